The van der Waals surface area contributed by atoms with E-state index in [9.17, 15) is 9.59 Å². The zero-order valence-electron chi connectivity index (χ0n) is 10.1. The summed E-state index contributed by atoms with van der Waals surface area (Å²) < 4.78 is 0. The molecule has 1 aliphatic rings. The van der Waals surface area contributed by atoms with E-state index in [1.165, 1.54) is 6.42 Å². The molecule has 3 N–H and O–H groups in total. The molecular weight excluding hydrogens is 240 g/mol. The summed E-state index contributed by atoms with van der Waals surface area (Å²) in [5.41, 5.74) is 0. The molecule has 0 aromatic rings. The van der Waals surface area contributed by atoms with Crippen molar-refractivity contribution in [2.45, 2.75) is 43.9 Å². The molecule has 98 valence electrons. The molecule has 1 aliphatic heterocycles. The Morgan fingerprint density at radius 3 is 2.82 bits per heavy atom. The number of urea groups is 1. The molecule has 1 fully saturated rings. The van der Waals surface area contributed by atoms with Gasteiger partial charge in [-0.25, -0.2) is 9.59 Å². The Bertz CT molecular complexity index is 267. The fourth-order valence-corrected chi connectivity index (χ4v) is 2.97. The average molecular weight is 260 g/mol. The van der Waals surface area contributed by atoms with Gasteiger partial charge in [-0.1, -0.05) is 13.3 Å². The van der Waals surface area contributed by atoms with Crippen molar-refractivity contribution in [2.24, 2.45) is 0 Å². The minimum atomic E-state index is -0.975. The van der Waals surface area contributed by atoms with Crippen molar-refractivity contribution in [3.05, 3.63) is 0 Å². The Labute approximate surface area is 106 Å². The molecule has 0 saturated carbocycles. The van der Waals surface area contributed by atoms with Crippen molar-refractivity contribution in [3.63, 3.8) is 0 Å². The monoisotopic (exact) mass is 260 g/mol. The molecule has 5 nitrogen and oxygen atoms in total. The highest BCUT2D eigenvalue weighted by atomic mass is 32.2. The minimum Gasteiger partial charge on any atom is -0.480 e. The van der Waals surface area contributed by atoms with Crippen LogP contribution in [0.1, 0.15) is 32.6 Å². The van der Waals surface area contributed by atoms with Crippen LogP contribution in [-0.4, -0.2) is 40.7 Å². The fraction of sp³-hybridized carbons (Fsp3) is 0.818. The van der Waals surface area contributed by atoms with Crippen LogP contribution in [0.15, 0.2) is 0 Å². The van der Waals surface area contributed by atoms with E-state index in [2.05, 4.69) is 10.6 Å². The van der Waals surface area contributed by atoms with Crippen LogP contribution in [0.25, 0.3) is 0 Å². The lowest BCUT2D eigenvalue weighted by atomic mass is 10.2. The highest BCUT2D eigenvalue weighted by Gasteiger charge is 2.20. The third-order valence-corrected chi connectivity index (χ3v) is 4.09. The lowest BCUT2D eigenvalue weighted by Crippen LogP contribution is -2.47. The third kappa shape index (κ3) is 5.30. The summed E-state index contributed by atoms with van der Waals surface area (Å²) in [5.74, 6) is 0.180. The molecule has 1 unspecified atom stereocenters. The summed E-state index contributed by atoms with van der Waals surface area (Å²) in [7, 11) is 0. The van der Waals surface area contributed by atoms with E-state index in [1.807, 2.05) is 18.7 Å². The van der Waals surface area contributed by atoms with E-state index >= 15 is 0 Å². The van der Waals surface area contributed by atoms with Gasteiger partial charge in [0.05, 0.1) is 0 Å². The number of amides is 2. The second kappa shape index (κ2) is 7.42. The van der Waals surface area contributed by atoms with Crippen LogP contribution in [0.2, 0.25) is 0 Å². The first-order valence-corrected chi connectivity index (χ1v) is 7.07. The van der Waals surface area contributed by atoms with Crippen molar-refractivity contribution in [1.82, 2.24) is 10.6 Å². The van der Waals surface area contributed by atoms with Gasteiger partial charge in [-0.15, -0.1) is 0 Å². The molecule has 0 spiro atoms. The number of rotatable bonds is 6. The molecule has 0 aromatic carbocycles. The Hall–Kier alpha value is -0.910. The van der Waals surface area contributed by atoms with Crippen molar-refractivity contribution in [3.8, 4) is 0 Å². The topological polar surface area (TPSA) is 78.4 Å². The first-order valence-electron chi connectivity index (χ1n) is 6.02. The van der Waals surface area contributed by atoms with Gasteiger partial charge in [-0.3, -0.25) is 0 Å². The molecule has 2 amide bonds. The van der Waals surface area contributed by atoms with Gasteiger partial charge in [0.1, 0.15) is 6.04 Å². The van der Waals surface area contributed by atoms with Crippen LogP contribution in [0.4, 0.5) is 4.79 Å². The van der Waals surface area contributed by atoms with E-state index in [4.69, 9.17) is 5.11 Å². The molecule has 0 aromatic heterocycles. The van der Waals surface area contributed by atoms with Crippen LogP contribution >= 0.6 is 11.8 Å². The largest absolute Gasteiger partial charge is 0.480 e. The Morgan fingerprint density at radius 1 is 1.53 bits per heavy atom. The maximum atomic E-state index is 11.5. The number of carbonyl (C=O) groups excluding carboxylic acids is 1. The fourth-order valence-electron chi connectivity index (χ4n) is 1.77. The smallest absolute Gasteiger partial charge is 0.326 e. The molecule has 0 aliphatic carbocycles. The number of hydrogen-bond acceptors (Lipinski definition) is 3. The van der Waals surface area contributed by atoms with Crippen molar-refractivity contribution in [2.75, 3.05) is 12.3 Å². The quantitative estimate of drug-likeness (QED) is 0.675. The molecule has 0 radical (unpaired) electrons. The molecule has 1 rings (SSSR count). The van der Waals surface area contributed by atoms with Gasteiger partial charge in [-0.05, 0) is 25.0 Å². The van der Waals surface area contributed by atoms with E-state index in [0.29, 0.717) is 18.2 Å². The van der Waals surface area contributed by atoms with Crippen molar-refractivity contribution >= 4 is 23.8 Å². The molecule has 17 heavy (non-hydrogen) atoms. The highest BCUT2D eigenvalue weighted by Crippen LogP contribution is 2.25. The molecule has 2 atom stereocenters. The van der Waals surface area contributed by atoms with Gasteiger partial charge in [0, 0.05) is 11.8 Å². The summed E-state index contributed by atoms with van der Waals surface area (Å²) >= 11 is 1.86. The Morgan fingerprint density at radius 2 is 2.29 bits per heavy atom. The maximum absolute atomic E-state index is 11.5. The number of aliphatic carboxylic acids is 1. The third-order valence-electron chi connectivity index (χ3n) is 2.70. The van der Waals surface area contributed by atoms with E-state index in [1.54, 1.807) is 0 Å². The Kier molecular flexibility index (Phi) is 6.18. The van der Waals surface area contributed by atoms with Crippen LogP contribution in [0, 0.1) is 0 Å². The molecule has 6 heteroatoms. The van der Waals surface area contributed by atoms with Gasteiger partial charge < -0.3 is 15.7 Å². The number of thioether (sulfide) groups is 1. The molecule has 1 heterocycles. The van der Waals surface area contributed by atoms with E-state index in [0.717, 1.165) is 18.6 Å². The minimum absolute atomic E-state index is 0.377. The SMILES string of the molecule is CCC[C@@H](NC(=O)NCC1CCCS1)C(=O)O. The lowest BCUT2D eigenvalue weighted by molar-refractivity contribution is -0.139. The summed E-state index contributed by atoms with van der Waals surface area (Å²) in [5, 5.41) is 14.6. The van der Waals surface area contributed by atoms with Gasteiger partial charge >= 0.3 is 12.0 Å². The van der Waals surface area contributed by atoms with Gasteiger partial charge in [0.2, 0.25) is 0 Å². The predicted molar refractivity (Wildman–Crippen MR) is 68.3 cm³/mol. The lowest BCUT2D eigenvalue weighted by Gasteiger charge is -2.15. The number of hydrogen-bond donors (Lipinski definition) is 3. The molecular formula is C11H20N2O3S. The van der Waals surface area contributed by atoms with Crippen LogP contribution < -0.4 is 10.6 Å². The second-order valence-electron chi connectivity index (χ2n) is 4.17. The van der Waals surface area contributed by atoms with Crippen molar-refractivity contribution < 1.29 is 14.7 Å². The number of nitrogens with one attached hydrogen (secondary N) is 2. The summed E-state index contributed by atoms with van der Waals surface area (Å²) in [4.78, 5) is 22.3. The zero-order chi connectivity index (χ0) is 12.7. The average Bonchev–Trinajstić information content (AvgIpc) is 2.78. The summed E-state index contributed by atoms with van der Waals surface area (Å²) in [6, 6.07) is -1.16. The molecule has 1 saturated heterocycles. The van der Waals surface area contributed by atoms with Gasteiger partial charge in [-0.2, -0.15) is 11.8 Å². The second-order valence-corrected chi connectivity index (χ2v) is 5.58. The van der Waals surface area contributed by atoms with E-state index < -0.39 is 12.0 Å². The highest BCUT2D eigenvalue weighted by molar-refractivity contribution is 8.00. The summed E-state index contributed by atoms with van der Waals surface area (Å²) in [6.07, 6.45) is 3.52. The maximum Gasteiger partial charge on any atom is 0.326 e. The van der Waals surface area contributed by atoms with Crippen LogP contribution in [0.3, 0.4) is 0 Å². The number of carbonyl (C=O) groups is 2. The standard InChI is InChI=1S/C11H20N2O3S/c1-2-4-9(10(14)15)13-11(16)12-7-8-5-3-6-17-8/h8-9H,2-7H2,1H3,(H,14,15)(H2,12,13,16)/t8?,9-/m1/s1. The first-order chi connectivity index (χ1) is 8.13. The van der Waals surface area contributed by atoms with Gasteiger partial charge in [0.25, 0.3) is 0 Å². The Balaban J connectivity index is 2.23. The van der Waals surface area contributed by atoms with Gasteiger partial charge in [0.15, 0.2) is 0 Å². The normalized spacial score (nSPS) is 20.9. The van der Waals surface area contributed by atoms with E-state index in [-0.39, 0.29) is 6.03 Å². The number of carboxylic acid groups (broad SMARTS) is 1. The zero-order valence-corrected chi connectivity index (χ0v) is 10.9. The first kappa shape index (κ1) is 14.2. The van der Waals surface area contributed by atoms with Crippen LogP contribution in [0.5, 0.6) is 0 Å². The van der Waals surface area contributed by atoms with Crippen molar-refractivity contribution in [1.29, 1.82) is 0 Å². The summed E-state index contributed by atoms with van der Waals surface area (Å²) in [6.45, 7) is 2.51. The molecule has 0 bridgehead atoms. The van der Waals surface area contributed by atoms with Crippen LogP contribution in [-0.2, 0) is 4.79 Å². The predicted octanol–water partition coefficient (Wildman–Crippen LogP) is 1.43. The number of carboxylic acids is 1.